The van der Waals surface area contributed by atoms with Crippen LogP contribution < -0.4 is 15.4 Å². The second-order valence-corrected chi connectivity index (χ2v) is 4.83. The first kappa shape index (κ1) is 16.4. The van der Waals surface area contributed by atoms with Gasteiger partial charge >= 0.3 is 11.8 Å². The van der Waals surface area contributed by atoms with Gasteiger partial charge < -0.3 is 20.5 Å². The molecule has 0 atom stereocenters. The first-order chi connectivity index (χ1) is 11.1. The minimum absolute atomic E-state index is 0.0908. The molecular formula is C17H18N2O4. The van der Waals surface area contributed by atoms with Crippen LogP contribution in [0.4, 0.5) is 5.69 Å². The van der Waals surface area contributed by atoms with Crippen LogP contribution in [-0.4, -0.2) is 30.6 Å². The van der Waals surface area contributed by atoms with Crippen LogP contribution in [0.15, 0.2) is 48.5 Å². The number of methoxy groups -OCH3 is 1. The van der Waals surface area contributed by atoms with Gasteiger partial charge in [0.25, 0.3) is 0 Å². The summed E-state index contributed by atoms with van der Waals surface area (Å²) < 4.78 is 5.07. The molecule has 0 spiro atoms. The number of anilines is 1. The van der Waals surface area contributed by atoms with Gasteiger partial charge in [0.15, 0.2) is 0 Å². The molecule has 0 unspecified atom stereocenters. The average molecular weight is 314 g/mol. The molecular weight excluding hydrogens is 296 g/mol. The predicted octanol–water partition coefficient (Wildman–Crippen LogP) is 1.70. The van der Waals surface area contributed by atoms with E-state index in [4.69, 9.17) is 4.74 Å². The van der Waals surface area contributed by atoms with Crippen molar-refractivity contribution < 1.29 is 19.4 Å². The Morgan fingerprint density at radius 3 is 2.39 bits per heavy atom. The third-order valence-electron chi connectivity index (χ3n) is 3.22. The smallest absolute Gasteiger partial charge is 0.313 e. The monoisotopic (exact) mass is 314 g/mol. The minimum atomic E-state index is -0.818. The minimum Gasteiger partial charge on any atom is -0.506 e. The van der Waals surface area contributed by atoms with Gasteiger partial charge in [-0.3, -0.25) is 9.59 Å². The number of carbonyl (C=O) groups is 2. The summed E-state index contributed by atoms with van der Waals surface area (Å²) in [6.45, 7) is 0.333. The molecule has 6 nitrogen and oxygen atoms in total. The molecule has 2 aromatic carbocycles. The van der Waals surface area contributed by atoms with Gasteiger partial charge in [0.05, 0.1) is 12.8 Å². The van der Waals surface area contributed by atoms with E-state index in [1.165, 1.54) is 12.1 Å². The van der Waals surface area contributed by atoms with Crippen molar-refractivity contribution >= 4 is 17.5 Å². The van der Waals surface area contributed by atoms with Gasteiger partial charge in [0.1, 0.15) is 11.5 Å². The second-order valence-electron chi connectivity index (χ2n) is 4.83. The number of phenolic OH excluding ortho intramolecular Hbond substituents is 1. The Balaban J connectivity index is 1.79. The maximum atomic E-state index is 11.7. The van der Waals surface area contributed by atoms with Gasteiger partial charge in [-0.2, -0.15) is 0 Å². The van der Waals surface area contributed by atoms with Gasteiger partial charge in [0.2, 0.25) is 0 Å². The Hall–Kier alpha value is -3.02. The molecule has 3 N–H and O–H groups in total. The number of phenols is 1. The van der Waals surface area contributed by atoms with Crippen LogP contribution in [0.5, 0.6) is 11.5 Å². The predicted molar refractivity (Wildman–Crippen MR) is 86.4 cm³/mol. The lowest BCUT2D eigenvalue weighted by atomic mass is 10.1. The molecule has 0 aromatic heterocycles. The molecule has 2 amide bonds. The number of aromatic hydroxyl groups is 1. The fourth-order valence-electron chi connectivity index (χ4n) is 1.95. The van der Waals surface area contributed by atoms with Crippen molar-refractivity contribution in [3.8, 4) is 11.5 Å². The van der Waals surface area contributed by atoms with Crippen LogP contribution in [0.2, 0.25) is 0 Å². The maximum absolute atomic E-state index is 11.7. The first-order valence-corrected chi connectivity index (χ1v) is 7.10. The third kappa shape index (κ3) is 4.74. The Morgan fingerprint density at radius 1 is 1.04 bits per heavy atom. The summed E-state index contributed by atoms with van der Waals surface area (Å²) in [6, 6.07) is 13.7. The Bertz CT molecular complexity index is 683. The van der Waals surface area contributed by atoms with Crippen LogP contribution in [0.1, 0.15) is 5.56 Å². The molecule has 120 valence electrons. The zero-order valence-electron chi connectivity index (χ0n) is 12.7. The topological polar surface area (TPSA) is 87.7 Å². The van der Waals surface area contributed by atoms with Crippen molar-refractivity contribution in [1.29, 1.82) is 0 Å². The largest absolute Gasteiger partial charge is 0.506 e. The Kier molecular flexibility index (Phi) is 5.57. The summed E-state index contributed by atoms with van der Waals surface area (Å²) in [7, 11) is 1.60. The van der Waals surface area contributed by atoms with Gasteiger partial charge in [-0.05, 0) is 36.2 Å². The van der Waals surface area contributed by atoms with E-state index in [1.54, 1.807) is 19.2 Å². The number of nitrogens with one attached hydrogen (secondary N) is 2. The fraction of sp³-hybridized carbons (Fsp3) is 0.176. The summed E-state index contributed by atoms with van der Waals surface area (Å²) >= 11 is 0. The van der Waals surface area contributed by atoms with E-state index < -0.39 is 11.8 Å². The summed E-state index contributed by atoms with van der Waals surface area (Å²) in [6.07, 6.45) is 0.597. The van der Waals surface area contributed by atoms with Gasteiger partial charge in [-0.25, -0.2) is 0 Å². The first-order valence-electron chi connectivity index (χ1n) is 7.10. The number of benzene rings is 2. The van der Waals surface area contributed by atoms with E-state index in [2.05, 4.69) is 10.6 Å². The number of amides is 2. The number of para-hydroxylation sites is 2. The lowest BCUT2D eigenvalue weighted by Crippen LogP contribution is -2.36. The number of ether oxygens (including phenoxy) is 1. The van der Waals surface area contributed by atoms with E-state index in [0.29, 0.717) is 13.0 Å². The summed E-state index contributed by atoms with van der Waals surface area (Å²) in [4.78, 5) is 23.5. The summed E-state index contributed by atoms with van der Waals surface area (Å²) in [5, 5.41) is 14.4. The zero-order valence-corrected chi connectivity index (χ0v) is 12.7. The molecule has 0 saturated carbocycles. The van der Waals surface area contributed by atoms with Crippen molar-refractivity contribution in [1.82, 2.24) is 5.32 Å². The van der Waals surface area contributed by atoms with Gasteiger partial charge in [-0.15, -0.1) is 0 Å². The number of carbonyl (C=O) groups excluding carboxylic acids is 2. The molecule has 2 rings (SSSR count). The quantitative estimate of drug-likeness (QED) is 0.579. The normalized spacial score (nSPS) is 9.96. The lowest BCUT2D eigenvalue weighted by molar-refractivity contribution is -0.136. The highest BCUT2D eigenvalue weighted by Crippen LogP contribution is 2.21. The third-order valence-corrected chi connectivity index (χ3v) is 3.22. The molecule has 0 radical (unpaired) electrons. The highest BCUT2D eigenvalue weighted by Gasteiger charge is 2.14. The molecule has 0 bridgehead atoms. The molecule has 0 aliphatic heterocycles. The van der Waals surface area contributed by atoms with Crippen molar-refractivity contribution in [2.24, 2.45) is 0 Å². The van der Waals surface area contributed by atoms with E-state index in [9.17, 15) is 14.7 Å². The number of rotatable bonds is 5. The Morgan fingerprint density at radius 2 is 1.74 bits per heavy atom. The van der Waals surface area contributed by atoms with Crippen LogP contribution in [-0.2, 0) is 16.0 Å². The molecule has 0 aliphatic carbocycles. The molecule has 0 fully saturated rings. The summed E-state index contributed by atoms with van der Waals surface area (Å²) in [5.74, 6) is -0.894. The summed E-state index contributed by atoms with van der Waals surface area (Å²) in [5.41, 5.74) is 1.22. The number of hydrogen-bond donors (Lipinski definition) is 3. The number of hydrogen-bond acceptors (Lipinski definition) is 4. The molecule has 0 saturated heterocycles. The molecule has 6 heteroatoms. The lowest BCUT2D eigenvalue weighted by Gasteiger charge is -2.08. The van der Waals surface area contributed by atoms with E-state index in [-0.39, 0.29) is 11.4 Å². The van der Waals surface area contributed by atoms with Gasteiger partial charge in [0, 0.05) is 6.54 Å². The second kappa shape index (κ2) is 7.84. The standard InChI is InChI=1S/C17H18N2O4/c1-23-13-8-6-12(7-9-13)10-11-18-16(21)17(22)19-14-4-2-3-5-15(14)20/h2-9,20H,10-11H2,1H3,(H,18,21)(H,19,22). The van der Waals surface area contributed by atoms with Gasteiger partial charge in [-0.1, -0.05) is 24.3 Å². The maximum Gasteiger partial charge on any atom is 0.313 e. The highest BCUT2D eigenvalue weighted by atomic mass is 16.5. The van der Waals surface area contributed by atoms with Crippen molar-refractivity contribution in [2.45, 2.75) is 6.42 Å². The SMILES string of the molecule is COc1ccc(CCNC(=O)C(=O)Nc2ccccc2O)cc1. The van der Waals surface area contributed by atoms with Crippen LogP contribution in [0.25, 0.3) is 0 Å². The van der Waals surface area contributed by atoms with E-state index in [0.717, 1.165) is 11.3 Å². The van der Waals surface area contributed by atoms with Crippen LogP contribution >= 0.6 is 0 Å². The van der Waals surface area contributed by atoms with E-state index >= 15 is 0 Å². The molecule has 0 heterocycles. The molecule has 2 aromatic rings. The highest BCUT2D eigenvalue weighted by molar-refractivity contribution is 6.39. The fourth-order valence-corrected chi connectivity index (χ4v) is 1.95. The van der Waals surface area contributed by atoms with E-state index in [1.807, 2.05) is 24.3 Å². The van der Waals surface area contributed by atoms with Crippen molar-refractivity contribution in [2.75, 3.05) is 19.0 Å². The van der Waals surface area contributed by atoms with Crippen molar-refractivity contribution in [3.05, 3.63) is 54.1 Å². The average Bonchev–Trinajstić information content (AvgIpc) is 2.57. The molecule has 23 heavy (non-hydrogen) atoms. The molecule has 0 aliphatic rings. The van der Waals surface area contributed by atoms with Crippen LogP contribution in [0.3, 0.4) is 0 Å². The van der Waals surface area contributed by atoms with Crippen LogP contribution in [0, 0.1) is 0 Å². The Labute approximate surface area is 134 Å². The zero-order chi connectivity index (χ0) is 16.7. The van der Waals surface area contributed by atoms with Crippen molar-refractivity contribution in [3.63, 3.8) is 0 Å².